The summed E-state index contributed by atoms with van der Waals surface area (Å²) in [5.74, 6) is -0.107. The van der Waals surface area contributed by atoms with Gasteiger partial charge in [0.2, 0.25) is 5.91 Å². The lowest BCUT2D eigenvalue weighted by Gasteiger charge is -2.36. The number of aryl methyl sites for hydroxylation is 1. The minimum Gasteiger partial charge on any atom is -0.379 e. The molecule has 0 N–H and O–H groups in total. The van der Waals surface area contributed by atoms with Crippen LogP contribution < -0.4 is 4.90 Å². The lowest BCUT2D eigenvalue weighted by molar-refractivity contribution is -0.131. The molecule has 0 atom stereocenters. The molecule has 194 valence electrons. The van der Waals surface area contributed by atoms with E-state index in [9.17, 15) is 9.59 Å². The van der Waals surface area contributed by atoms with E-state index in [2.05, 4.69) is 19.8 Å². The van der Waals surface area contributed by atoms with Gasteiger partial charge in [-0.15, -0.1) is 0 Å². The molecule has 0 spiro atoms. The van der Waals surface area contributed by atoms with Crippen LogP contribution in [0.25, 0.3) is 0 Å². The fraction of sp³-hybridized carbons (Fsp3) is 0.538. The number of anilines is 1. The molecule has 10 heteroatoms. The fourth-order valence-corrected chi connectivity index (χ4v) is 4.75. The highest BCUT2D eigenvalue weighted by molar-refractivity contribution is 6.30. The molecule has 4 rings (SSSR count). The summed E-state index contributed by atoms with van der Waals surface area (Å²) in [4.78, 5) is 42.9. The molecule has 2 aliphatic rings. The molecule has 36 heavy (non-hydrogen) atoms. The monoisotopic (exact) mass is 514 g/mol. The van der Waals surface area contributed by atoms with Gasteiger partial charge in [-0.25, -0.2) is 4.98 Å². The number of nitrogens with zero attached hydrogens (tertiary/aromatic N) is 6. The number of benzene rings is 1. The number of morpholine rings is 1. The number of piperazine rings is 1. The first-order chi connectivity index (χ1) is 17.5. The molecule has 3 heterocycles. The third-order valence-corrected chi connectivity index (χ3v) is 6.93. The molecule has 2 aliphatic heterocycles. The molecule has 2 fully saturated rings. The number of hydrogen-bond donors (Lipinski definition) is 0. The molecule has 0 aliphatic carbocycles. The van der Waals surface area contributed by atoms with E-state index in [0.29, 0.717) is 43.3 Å². The first-order valence-corrected chi connectivity index (χ1v) is 13.0. The predicted octanol–water partition coefficient (Wildman–Crippen LogP) is 2.34. The van der Waals surface area contributed by atoms with Crippen LogP contribution in [-0.2, 0) is 9.53 Å². The van der Waals surface area contributed by atoms with Crippen molar-refractivity contribution in [1.29, 1.82) is 0 Å². The van der Waals surface area contributed by atoms with Crippen molar-refractivity contribution in [3.05, 3.63) is 53.1 Å². The summed E-state index contributed by atoms with van der Waals surface area (Å²) >= 11 is 6.13. The number of amides is 2. The van der Waals surface area contributed by atoms with Gasteiger partial charge in [0.1, 0.15) is 5.69 Å². The maximum absolute atomic E-state index is 13.2. The van der Waals surface area contributed by atoms with Crippen LogP contribution >= 0.6 is 11.6 Å². The number of ether oxygens (including phenoxy) is 1. The van der Waals surface area contributed by atoms with E-state index in [1.54, 1.807) is 11.1 Å². The third kappa shape index (κ3) is 7.38. The summed E-state index contributed by atoms with van der Waals surface area (Å²) in [6, 6.07) is 7.80. The van der Waals surface area contributed by atoms with Crippen LogP contribution in [0, 0.1) is 6.92 Å². The first kappa shape index (κ1) is 26.3. The summed E-state index contributed by atoms with van der Waals surface area (Å²) in [6.07, 6.45) is 4.24. The van der Waals surface area contributed by atoms with Crippen molar-refractivity contribution in [3.8, 4) is 0 Å². The molecule has 9 nitrogen and oxygen atoms in total. The number of aromatic nitrogens is 2. The molecule has 2 aromatic rings. The molecular formula is C26H35ClN6O3. The zero-order chi connectivity index (χ0) is 25.3. The van der Waals surface area contributed by atoms with Crippen molar-refractivity contribution >= 4 is 29.1 Å². The lowest BCUT2D eigenvalue weighted by atomic mass is 10.2. The van der Waals surface area contributed by atoms with Gasteiger partial charge < -0.3 is 19.4 Å². The Balaban J connectivity index is 1.30. The van der Waals surface area contributed by atoms with Gasteiger partial charge in [0.25, 0.3) is 5.91 Å². The Bertz CT molecular complexity index is 1010. The van der Waals surface area contributed by atoms with E-state index in [-0.39, 0.29) is 11.8 Å². The minimum atomic E-state index is -0.178. The number of halogens is 1. The second-order valence-electron chi connectivity index (χ2n) is 9.24. The maximum Gasteiger partial charge on any atom is 0.274 e. The van der Waals surface area contributed by atoms with E-state index >= 15 is 0 Å². The third-order valence-electron chi connectivity index (χ3n) is 6.69. The van der Waals surface area contributed by atoms with Crippen LogP contribution in [0.4, 0.5) is 5.69 Å². The summed E-state index contributed by atoms with van der Waals surface area (Å²) in [6.45, 7) is 9.82. The van der Waals surface area contributed by atoms with Crippen molar-refractivity contribution in [1.82, 2.24) is 24.7 Å². The average Bonchev–Trinajstić information content (AvgIpc) is 2.91. The van der Waals surface area contributed by atoms with E-state index in [4.69, 9.17) is 16.3 Å². The molecule has 0 bridgehead atoms. The van der Waals surface area contributed by atoms with E-state index in [0.717, 1.165) is 63.7 Å². The van der Waals surface area contributed by atoms with Gasteiger partial charge in [-0.1, -0.05) is 17.7 Å². The topological polar surface area (TPSA) is 82.1 Å². The van der Waals surface area contributed by atoms with Gasteiger partial charge in [0.15, 0.2) is 0 Å². The number of hydrogen-bond acceptors (Lipinski definition) is 7. The second kappa shape index (κ2) is 13.0. The van der Waals surface area contributed by atoms with Crippen LogP contribution in [0.1, 0.15) is 29.0 Å². The Morgan fingerprint density at radius 1 is 1.03 bits per heavy atom. The summed E-state index contributed by atoms with van der Waals surface area (Å²) in [7, 11) is 0. The average molecular weight is 515 g/mol. The molecular weight excluding hydrogens is 480 g/mol. The highest BCUT2D eigenvalue weighted by Crippen LogP contribution is 2.21. The van der Waals surface area contributed by atoms with Gasteiger partial charge in [-0.2, -0.15) is 0 Å². The van der Waals surface area contributed by atoms with E-state index < -0.39 is 0 Å². The second-order valence-corrected chi connectivity index (χ2v) is 9.68. The standard InChI is InChI=1S/C26H35ClN6O3/c1-21-19-29-24(20-28-21)26(35)33(8-3-7-30-14-16-36-17-15-30)9-6-25(34)32-12-10-31(11-13-32)23-5-2-4-22(27)18-23/h2,4-5,18-20H,3,6-17H2,1H3. The van der Waals surface area contributed by atoms with Crippen molar-refractivity contribution in [2.45, 2.75) is 19.8 Å². The molecule has 2 saturated heterocycles. The quantitative estimate of drug-likeness (QED) is 0.508. The van der Waals surface area contributed by atoms with Crippen LogP contribution in [-0.4, -0.2) is 109 Å². The smallest absolute Gasteiger partial charge is 0.274 e. The Hall–Kier alpha value is -2.75. The predicted molar refractivity (Wildman–Crippen MR) is 139 cm³/mol. The minimum absolute atomic E-state index is 0.0710. The Morgan fingerprint density at radius 3 is 2.50 bits per heavy atom. The van der Waals surface area contributed by atoms with Gasteiger partial charge in [-0.3, -0.25) is 19.5 Å². The van der Waals surface area contributed by atoms with Crippen LogP contribution in [0.3, 0.4) is 0 Å². The van der Waals surface area contributed by atoms with Crippen LogP contribution in [0.5, 0.6) is 0 Å². The fourth-order valence-electron chi connectivity index (χ4n) is 4.57. The van der Waals surface area contributed by atoms with Crippen molar-refractivity contribution < 1.29 is 14.3 Å². The maximum atomic E-state index is 13.2. The Labute approximate surface area is 218 Å². The molecule has 2 amide bonds. The molecule has 0 saturated carbocycles. The Morgan fingerprint density at radius 2 is 1.81 bits per heavy atom. The first-order valence-electron chi connectivity index (χ1n) is 12.7. The van der Waals surface area contributed by atoms with Gasteiger partial charge in [-0.05, 0) is 31.5 Å². The molecule has 1 aromatic heterocycles. The normalized spacial score (nSPS) is 16.7. The molecule has 0 radical (unpaired) electrons. The highest BCUT2D eigenvalue weighted by atomic mass is 35.5. The number of carbonyl (C=O) groups excluding carboxylic acids is 2. The molecule has 1 aromatic carbocycles. The van der Waals surface area contributed by atoms with Crippen molar-refractivity contribution in [2.75, 3.05) is 77.0 Å². The zero-order valence-electron chi connectivity index (χ0n) is 20.9. The van der Waals surface area contributed by atoms with E-state index in [1.807, 2.05) is 36.1 Å². The van der Waals surface area contributed by atoms with E-state index in [1.165, 1.54) is 6.20 Å². The van der Waals surface area contributed by atoms with Crippen LogP contribution in [0.15, 0.2) is 36.7 Å². The summed E-state index contributed by atoms with van der Waals surface area (Å²) < 4.78 is 5.42. The van der Waals surface area contributed by atoms with Crippen LogP contribution in [0.2, 0.25) is 5.02 Å². The largest absolute Gasteiger partial charge is 0.379 e. The van der Waals surface area contributed by atoms with Gasteiger partial charge >= 0.3 is 0 Å². The molecule has 0 unspecified atom stereocenters. The van der Waals surface area contributed by atoms with Gasteiger partial charge in [0.05, 0.1) is 25.1 Å². The SMILES string of the molecule is Cc1cnc(C(=O)N(CCCN2CCOCC2)CCC(=O)N2CCN(c3cccc(Cl)c3)CC2)cn1. The van der Waals surface area contributed by atoms with Crippen molar-refractivity contribution in [3.63, 3.8) is 0 Å². The highest BCUT2D eigenvalue weighted by Gasteiger charge is 2.24. The summed E-state index contributed by atoms with van der Waals surface area (Å²) in [5.41, 5.74) is 2.15. The Kier molecular flexibility index (Phi) is 9.49. The lowest BCUT2D eigenvalue weighted by Crippen LogP contribution is -2.49. The zero-order valence-corrected chi connectivity index (χ0v) is 21.7. The van der Waals surface area contributed by atoms with Crippen molar-refractivity contribution in [2.24, 2.45) is 0 Å². The summed E-state index contributed by atoms with van der Waals surface area (Å²) in [5, 5.41) is 0.711. The number of rotatable bonds is 9. The van der Waals surface area contributed by atoms with Gasteiger partial charge in [0, 0.05) is 82.2 Å². The number of carbonyl (C=O) groups is 2.